The first-order chi connectivity index (χ1) is 7.49. The van der Waals surface area contributed by atoms with Gasteiger partial charge in [0, 0.05) is 24.2 Å². The third kappa shape index (κ3) is 5.12. The van der Waals surface area contributed by atoms with Gasteiger partial charge in [-0.3, -0.25) is 4.98 Å². The van der Waals surface area contributed by atoms with Crippen LogP contribution in [-0.4, -0.2) is 24.2 Å². The topological polar surface area (TPSA) is 34.1 Å². The fraction of sp³-hybridized carbons (Fsp3) is 0.615. The highest BCUT2D eigenvalue weighted by Gasteiger charge is 2.19. The molecule has 0 aromatic carbocycles. The first kappa shape index (κ1) is 13.0. The van der Waals surface area contributed by atoms with Crippen molar-refractivity contribution in [3.8, 4) is 5.75 Å². The number of nitrogens with zero attached hydrogens (tertiary/aromatic N) is 1. The molecule has 1 rings (SSSR count). The molecule has 0 aliphatic heterocycles. The van der Waals surface area contributed by atoms with Gasteiger partial charge in [0.05, 0.1) is 12.8 Å². The number of rotatable bonds is 6. The van der Waals surface area contributed by atoms with Crippen LogP contribution < -0.4 is 10.1 Å². The number of pyridine rings is 1. The van der Waals surface area contributed by atoms with Crippen LogP contribution in [0.15, 0.2) is 24.5 Å². The number of hydrogen-bond acceptors (Lipinski definition) is 3. The van der Waals surface area contributed by atoms with Gasteiger partial charge >= 0.3 is 0 Å². The molecule has 0 spiro atoms. The van der Waals surface area contributed by atoms with Crippen molar-refractivity contribution < 1.29 is 4.74 Å². The molecular formula is C13H22N2O. The second-order valence-corrected chi connectivity index (χ2v) is 5.18. The SMILES string of the molecule is CC(C)NCC(C)(C)COc1cccnc1. The Morgan fingerprint density at radius 1 is 1.44 bits per heavy atom. The van der Waals surface area contributed by atoms with E-state index >= 15 is 0 Å². The molecular weight excluding hydrogens is 200 g/mol. The van der Waals surface area contributed by atoms with Crippen LogP contribution in [0.1, 0.15) is 27.7 Å². The third-order valence-electron chi connectivity index (χ3n) is 2.25. The van der Waals surface area contributed by atoms with Gasteiger partial charge in [-0.2, -0.15) is 0 Å². The number of ether oxygens (including phenoxy) is 1. The molecule has 0 aliphatic rings. The zero-order valence-corrected chi connectivity index (χ0v) is 10.7. The molecule has 0 aliphatic carbocycles. The predicted octanol–water partition coefficient (Wildman–Crippen LogP) is 2.48. The molecule has 0 saturated carbocycles. The van der Waals surface area contributed by atoms with E-state index in [0.717, 1.165) is 12.3 Å². The van der Waals surface area contributed by atoms with Gasteiger partial charge < -0.3 is 10.1 Å². The summed E-state index contributed by atoms with van der Waals surface area (Å²) in [6.07, 6.45) is 3.49. The van der Waals surface area contributed by atoms with Crippen molar-refractivity contribution in [1.29, 1.82) is 0 Å². The molecule has 0 saturated heterocycles. The van der Waals surface area contributed by atoms with E-state index in [4.69, 9.17) is 4.74 Å². The minimum Gasteiger partial charge on any atom is -0.491 e. The van der Waals surface area contributed by atoms with Crippen LogP contribution in [0.3, 0.4) is 0 Å². The van der Waals surface area contributed by atoms with Crippen LogP contribution in [0.2, 0.25) is 0 Å². The predicted molar refractivity (Wildman–Crippen MR) is 66.7 cm³/mol. The second-order valence-electron chi connectivity index (χ2n) is 5.18. The number of hydrogen-bond donors (Lipinski definition) is 1. The Hall–Kier alpha value is -1.09. The average Bonchev–Trinajstić information content (AvgIpc) is 2.26. The highest BCUT2D eigenvalue weighted by molar-refractivity contribution is 5.15. The van der Waals surface area contributed by atoms with Crippen molar-refractivity contribution in [3.05, 3.63) is 24.5 Å². The van der Waals surface area contributed by atoms with E-state index in [-0.39, 0.29) is 5.41 Å². The maximum absolute atomic E-state index is 5.70. The third-order valence-corrected chi connectivity index (χ3v) is 2.25. The van der Waals surface area contributed by atoms with E-state index in [0.29, 0.717) is 12.6 Å². The summed E-state index contributed by atoms with van der Waals surface area (Å²) in [5.41, 5.74) is 0.125. The van der Waals surface area contributed by atoms with Gasteiger partial charge in [0.2, 0.25) is 0 Å². The van der Waals surface area contributed by atoms with Gasteiger partial charge in [0.15, 0.2) is 0 Å². The Kier molecular flexibility index (Phi) is 4.74. The average molecular weight is 222 g/mol. The summed E-state index contributed by atoms with van der Waals surface area (Å²) in [6.45, 7) is 10.3. The minimum atomic E-state index is 0.125. The quantitative estimate of drug-likeness (QED) is 0.803. The fourth-order valence-electron chi connectivity index (χ4n) is 1.24. The van der Waals surface area contributed by atoms with Crippen molar-refractivity contribution >= 4 is 0 Å². The summed E-state index contributed by atoms with van der Waals surface area (Å²) in [5, 5.41) is 3.43. The summed E-state index contributed by atoms with van der Waals surface area (Å²) in [4.78, 5) is 4.02. The van der Waals surface area contributed by atoms with Gasteiger partial charge in [-0.1, -0.05) is 27.7 Å². The Morgan fingerprint density at radius 2 is 2.19 bits per heavy atom. The summed E-state index contributed by atoms with van der Waals surface area (Å²) < 4.78 is 5.70. The monoisotopic (exact) mass is 222 g/mol. The molecule has 0 unspecified atom stereocenters. The largest absolute Gasteiger partial charge is 0.491 e. The van der Waals surface area contributed by atoms with Gasteiger partial charge in [0.25, 0.3) is 0 Å². The Balaban J connectivity index is 2.36. The smallest absolute Gasteiger partial charge is 0.137 e. The fourth-order valence-corrected chi connectivity index (χ4v) is 1.24. The van der Waals surface area contributed by atoms with Crippen molar-refractivity contribution in [3.63, 3.8) is 0 Å². The highest BCUT2D eigenvalue weighted by atomic mass is 16.5. The van der Waals surface area contributed by atoms with E-state index in [2.05, 4.69) is 38.0 Å². The van der Waals surface area contributed by atoms with Gasteiger partial charge in [-0.25, -0.2) is 0 Å². The standard InChI is InChI=1S/C13H22N2O/c1-11(2)15-9-13(3,4)10-16-12-6-5-7-14-8-12/h5-8,11,15H,9-10H2,1-4H3. The van der Waals surface area contributed by atoms with Crippen LogP contribution >= 0.6 is 0 Å². The van der Waals surface area contributed by atoms with E-state index in [9.17, 15) is 0 Å². The second kappa shape index (κ2) is 5.85. The lowest BCUT2D eigenvalue weighted by molar-refractivity contribution is 0.173. The van der Waals surface area contributed by atoms with Crippen molar-refractivity contribution in [2.75, 3.05) is 13.2 Å². The molecule has 3 heteroatoms. The maximum atomic E-state index is 5.70. The van der Waals surface area contributed by atoms with Crippen LogP contribution in [0.25, 0.3) is 0 Å². The zero-order chi connectivity index (χ0) is 12.0. The van der Waals surface area contributed by atoms with Crippen molar-refractivity contribution in [2.45, 2.75) is 33.7 Å². The van der Waals surface area contributed by atoms with E-state index < -0.39 is 0 Å². The summed E-state index contributed by atoms with van der Waals surface area (Å²) >= 11 is 0. The highest BCUT2D eigenvalue weighted by Crippen LogP contribution is 2.17. The molecule has 0 atom stereocenters. The van der Waals surface area contributed by atoms with E-state index in [1.54, 1.807) is 12.4 Å². The van der Waals surface area contributed by atoms with Gasteiger partial charge in [-0.05, 0) is 12.1 Å². The summed E-state index contributed by atoms with van der Waals surface area (Å²) in [5.74, 6) is 0.833. The molecule has 1 heterocycles. The lowest BCUT2D eigenvalue weighted by Gasteiger charge is -2.26. The Bertz CT molecular complexity index is 296. The first-order valence-corrected chi connectivity index (χ1v) is 5.76. The molecule has 1 N–H and O–H groups in total. The molecule has 1 aromatic heterocycles. The van der Waals surface area contributed by atoms with Crippen LogP contribution in [0.5, 0.6) is 5.75 Å². The minimum absolute atomic E-state index is 0.125. The van der Waals surface area contributed by atoms with E-state index in [1.807, 2.05) is 12.1 Å². The van der Waals surface area contributed by atoms with Crippen molar-refractivity contribution in [2.24, 2.45) is 5.41 Å². The lowest BCUT2D eigenvalue weighted by atomic mass is 9.94. The van der Waals surface area contributed by atoms with Crippen LogP contribution in [0.4, 0.5) is 0 Å². The first-order valence-electron chi connectivity index (χ1n) is 5.76. The van der Waals surface area contributed by atoms with Gasteiger partial charge in [-0.15, -0.1) is 0 Å². The van der Waals surface area contributed by atoms with Crippen molar-refractivity contribution in [1.82, 2.24) is 10.3 Å². The Labute approximate surface area is 98.2 Å². The van der Waals surface area contributed by atoms with Crippen LogP contribution in [-0.2, 0) is 0 Å². The lowest BCUT2D eigenvalue weighted by Crippen LogP contribution is -2.37. The summed E-state index contributed by atoms with van der Waals surface area (Å²) in [7, 11) is 0. The van der Waals surface area contributed by atoms with E-state index in [1.165, 1.54) is 0 Å². The molecule has 0 amide bonds. The number of nitrogens with one attached hydrogen (secondary N) is 1. The molecule has 0 fully saturated rings. The molecule has 3 nitrogen and oxygen atoms in total. The number of aromatic nitrogens is 1. The van der Waals surface area contributed by atoms with Gasteiger partial charge in [0.1, 0.15) is 5.75 Å². The molecule has 1 aromatic rings. The normalized spacial score (nSPS) is 11.8. The maximum Gasteiger partial charge on any atom is 0.137 e. The Morgan fingerprint density at radius 3 is 2.75 bits per heavy atom. The molecule has 0 bridgehead atoms. The van der Waals surface area contributed by atoms with Crippen LogP contribution in [0, 0.1) is 5.41 Å². The zero-order valence-electron chi connectivity index (χ0n) is 10.7. The molecule has 0 radical (unpaired) electrons. The summed E-state index contributed by atoms with van der Waals surface area (Å²) in [6, 6.07) is 4.32. The molecule has 16 heavy (non-hydrogen) atoms. The molecule has 90 valence electrons.